The minimum atomic E-state index is -0.00569. The molecule has 1 aromatic heterocycles. The third-order valence-electron chi connectivity index (χ3n) is 1.79. The molecule has 2 nitrogen and oxygen atoms in total. The van der Waals surface area contributed by atoms with Crippen molar-refractivity contribution < 1.29 is 4.74 Å². The molecule has 1 aromatic rings. The lowest BCUT2D eigenvalue weighted by Crippen LogP contribution is -2.41. The second-order valence-electron chi connectivity index (χ2n) is 2.67. The van der Waals surface area contributed by atoms with E-state index in [-0.39, 0.29) is 4.32 Å². The standard InChI is InChI=1S/C8H8BrNO/c9-8(5-11-6-8)7-3-1-2-4-10-7/h1-4H,5-6H2. The molecule has 0 amide bonds. The highest BCUT2D eigenvalue weighted by Gasteiger charge is 2.38. The molecule has 0 aromatic carbocycles. The summed E-state index contributed by atoms with van der Waals surface area (Å²) >= 11 is 3.59. The summed E-state index contributed by atoms with van der Waals surface area (Å²) in [5.74, 6) is 0. The molecule has 11 heavy (non-hydrogen) atoms. The molecule has 0 unspecified atom stereocenters. The maximum absolute atomic E-state index is 5.11. The van der Waals surface area contributed by atoms with Gasteiger partial charge in [-0.3, -0.25) is 4.98 Å². The molecule has 58 valence electrons. The first-order valence-corrected chi connectivity index (χ1v) is 4.29. The van der Waals surface area contributed by atoms with Gasteiger partial charge in [0.2, 0.25) is 0 Å². The Morgan fingerprint density at radius 1 is 1.45 bits per heavy atom. The molecule has 0 bridgehead atoms. The summed E-state index contributed by atoms with van der Waals surface area (Å²) < 4.78 is 5.10. The Hall–Kier alpha value is -0.410. The molecule has 2 heterocycles. The first-order valence-electron chi connectivity index (χ1n) is 3.49. The van der Waals surface area contributed by atoms with Gasteiger partial charge in [-0.1, -0.05) is 22.0 Å². The Bertz CT molecular complexity index is 246. The molecule has 0 atom stereocenters. The fourth-order valence-corrected chi connectivity index (χ4v) is 1.62. The van der Waals surface area contributed by atoms with Crippen LogP contribution >= 0.6 is 15.9 Å². The highest BCUT2D eigenvalue weighted by atomic mass is 79.9. The summed E-state index contributed by atoms with van der Waals surface area (Å²) in [5, 5.41) is 0. The van der Waals surface area contributed by atoms with E-state index in [4.69, 9.17) is 4.74 Å². The van der Waals surface area contributed by atoms with E-state index in [2.05, 4.69) is 20.9 Å². The topological polar surface area (TPSA) is 22.1 Å². The van der Waals surface area contributed by atoms with E-state index >= 15 is 0 Å². The molecule has 3 heteroatoms. The van der Waals surface area contributed by atoms with Crippen LogP contribution in [0.15, 0.2) is 24.4 Å². The largest absolute Gasteiger partial charge is 0.378 e. The minimum Gasteiger partial charge on any atom is -0.378 e. The molecular formula is C8H8BrNO. The van der Waals surface area contributed by atoms with Gasteiger partial charge in [0.05, 0.1) is 18.9 Å². The fraction of sp³-hybridized carbons (Fsp3) is 0.375. The lowest BCUT2D eigenvalue weighted by molar-refractivity contribution is -0.00880. The van der Waals surface area contributed by atoms with Gasteiger partial charge in [0, 0.05) is 6.20 Å². The molecule has 1 aliphatic rings. The zero-order valence-electron chi connectivity index (χ0n) is 5.96. The third kappa shape index (κ3) is 1.19. The summed E-state index contributed by atoms with van der Waals surface area (Å²) in [6.45, 7) is 1.45. The van der Waals surface area contributed by atoms with Crippen molar-refractivity contribution in [2.24, 2.45) is 0 Å². The SMILES string of the molecule is BrC1(c2ccccn2)COC1. The van der Waals surface area contributed by atoms with E-state index in [0.717, 1.165) is 18.9 Å². The zero-order valence-corrected chi connectivity index (χ0v) is 7.54. The molecule has 0 radical (unpaired) electrons. The van der Waals surface area contributed by atoms with E-state index in [1.807, 2.05) is 18.2 Å². The van der Waals surface area contributed by atoms with Crippen LogP contribution in [0.5, 0.6) is 0 Å². The molecule has 0 saturated carbocycles. The predicted octanol–water partition coefficient (Wildman–Crippen LogP) is 1.70. The quantitative estimate of drug-likeness (QED) is 0.664. The number of pyridine rings is 1. The number of alkyl halides is 1. The van der Waals surface area contributed by atoms with Crippen LogP contribution in [-0.2, 0) is 9.06 Å². The average molecular weight is 214 g/mol. The average Bonchev–Trinajstić information content (AvgIpc) is 2.02. The highest BCUT2D eigenvalue weighted by Crippen LogP contribution is 2.36. The Kier molecular flexibility index (Phi) is 1.69. The van der Waals surface area contributed by atoms with Crippen LogP contribution in [0.1, 0.15) is 5.69 Å². The van der Waals surface area contributed by atoms with Gasteiger partial charge < -0.3 is 4.74 Å². The lowest BCUT2D eigenvalue weighted by Gasteiger charge is -2.35. The minimum absolute atomic E-state index is 0.00569. The van der Waals surface area contributed by atoms with Crippen LogP contribution in [-0.4, -0.2) is 18.2 Å². The van der Waals surface area contributed by atoms with Crippen LogP contribution in [0.25, 0.3) is 0 Å². The van der Waals surface area contributed by atoms with Gasteiger partial charge in [0.25, 0.3) is 0 Å². The zero-order chi connectivity index (χ0) is 7.73. The molecule has 1 saturated heterocycles. The van der Waals surface area contributed by atoms with Crippen molar-refractivity contribution >= 4 is 15.9 Å². The first kappa shape index (κ1) is 7.25. The predicted molar refractivity (Wildman–Crippen MR) is 45.7 cm³/mol. The van der Waals surface area contributed by atoms with Crippen LogP contribution in [0.2, 0.25) is 0 Å². The maximum atomic E-state index is 5.11. The fourth-order valence-electron chi connectivity index (χ4n) is 1.06. The second-order valence-corrected chi connectivity index (χ2v) is 4.19. The summed E-state index contributed by atoms with van der Waals surface area (Å²) in [7, 11) is 0. The maximum Gasteiger partial charge on any atom is 0.114 e. The number of nitrogens with zero attached hydrogens (tertiary/aromatic N) is 1. The Balaban J connectivity index is 2.29. The van der Waals surface area contributed by atoms with Crippen LogP contribution < -0.4 is 0 Å². The number of rotatable bonds is 1. The molecule has 0 N–H and O–H groups in total. The molecule has 0 spiro atoms. The normalized spacial score (nSPS) is 20.8. The molecule has 2 rings (SSSR count). The lowest BCUT2D eigenvalue weighted by atomic mass is 10.0. The monoisotopic (exact) mass is 213 g/mol. The van der Waals surface area contributed by atoms with Crippen molar-refractivity contribution in [3.63, 3.8) is 0 Å². The molecule has 1 fully saturated rings. The van der Waals surface area contributed by atoms with Gasteiger partial charge in [-0.2, -0.15) is 0 Å². The van der Waals surface area contributed by atoms with Crippen molar-refractivity contribution in [2.45, 2.75) is 4.32 Å². The van der Waals surface area contributed by atoms with Crippen molar-refractivity contribution in [1.82, 2.24) is 4.98 Å². The highest BCUT2D eigenvalue weighted by molar-refractivity contribution is 9.09. The van der Waals surface area contributed by atoms with Gasteiger partial charge in [-0.25, -0.2) is 0 Å². The number of halogens is 1. The van der Waals surface area contributed by atoms with E-state index in [1.54, 1.807) is 6.20 Å². The molecular weight excluding hydrogens is 206 g/mol. The second kappa shape index (κ2) is 2.57. The Morgan fingerprint density at radius 2 is 2.27 bits per heavy atom. The summed E-state index contributed by atoms with van der Waals surface area (Å²) in [6.07, 6.45) is 1.80. The van der Waals surface area contributed by atoms with Crippen molar-refractivity contribution in [2.75, 3.05) is 13.2 Å². The van der Waals surface area contributed by atoms with Crippen LogP contribution in [0.4, 0.5) is 0 Å². The molecule has 1 aliphatic heterocycles. The van der Waals surface area contributed by atoms with E-state index < -0.39 is 0 Å². The van der Waals surface area contributed by atoms with Crippen molar-refractivity contribution in [1.29, 1.82) is 0 Å². The number of aromatic nitrogens is 1. The smallest absolute Gasteiger partial charge is 0.114 e. The first-order chi connectivity index (χ1) is 5.31. The number of hydrogen-bond donors (Lipinski definition) is 0. The van der Waals surface area contributed by atoms with Crippen LogP contribution in [0, 0.1) is 0 Å². The van der Waals surface area contributed by atoms with Crippen molar-refractivity contribution in [3.05, 3.63) is 30.1 Å². The summed E-state index contributed by atoms with van der Waals surface area (Å²) in [6, 6.07) is 5.92. The van der Waals surface area contributed by atoms with E-state index in [9.17, 15) is 0 Å². The van der Waals surface area contributed by atoms with Gasteiger partial charge in [-0.05, 0) is 12.1 Å². The third-order valence-corrected chi connectivity index (χ3v) is 2.65. The van der Waals surface area contributed by atoms with Gasteiger partial charge in [0.15, 0.2) is 0 Å². The number of hydrogen-bond acceptors (Lipinski definition) is 2. The van der Waals surface area contributed by atoms with Crippen molar-refractivity contribution in [3.8, 4) is 0 Å². The van der Waals surface area contributed by atoms with Gasteiger partial charge in [0.1, 0.15) is 4.32 Å². The Labute approximate surface area is 73.7 Å². The van der Waals surface area contributed by atoms with E-state index in [1.165, 1.54) is 0 Å². The van der Waals surface area contributed by atoms with Crippen LogP contribution in [0.3, 0.4) is 0 Å². The van der Waals surface area contributed by atoms with Gasteiger partial charge in [-0.15, -0.1) is 0 Å². The Morgan fingerprint density at radius 3 is 2.73 bits per heavy atom. The number of ether oxygens (including phenoxy) is 1. The summed E-state index contributed by atoms with van der Waals surface area (Å²) in [4.78, 5) is 4.25. The van der Waals surface area contributed by atoms with Gasteiger partial charge >= 0.3 is 0 Å². The molecule has 0 aliphatic carbocycles. The summed E-state index contributed by atoms with van der Waals surface area (Å²) in [5.41, 5.74) is 1.06. The van der Waals surface area contributed by atoms with E-state index in [0.29, 0.717) is 0 Å².